The van der Waals surface area contributed by atoms with Gasteiger partial charge in [-0.15, -0.1) is 11.3 Å². The van der Waals surface area contributed by atoms with E-state index in [1.165, 1.54) is 28.6 Å². The fourth-order valence-corrected chi connectivity index (χ4v) is 4.14. The fourth-order valence-electron chi connectivity index (χ4n) is 3.37. The number of nitrogens with zero attached hydrogens (tertiary/aromatic N) is 1. The third-order valence-electron chi connectivity index (χ3n) is 4.60. The number of H-pyrrole nitrogens is 2. The van der Waals surface area contributed by atoms with Crippen molar-refractivity contribution in [2.45, 2.75) is 32.6 Å². The summed E-state index contributed by atoms with van der Waals surface area (Å²) in [5.74, 6) is 0.465. The van der Waals surface area contributed by atoms with E-state index in [0.717, 1.165) is 23.0 Å². The molecule has 6 nitrogen and oxygen atoms in total. The third kappa shape index (κ3) is 3.19. The number of methoxy groups -OCH3 is 1. The Morgan fingerprint density at radius 1 is 1.30 bits per heavy atom. The molecule has 3 aromatic heterocycles. The minimum absolute atomic E-state index is 0.0547. The molecule has 3 heterocycles. The Hall–Kier alpha value is -2.80. The largest absolute Gasteiger partial charge is 0.513 e. The number of thiazole rings is 1. The van der Waals surface area contributed by atoms with Gasteiger partial charge in [-0.1, -0.05) is 20.8 Å². The van der Waals surface area contributed by atoms with Crippen molar-refractivity contribution in [3.8, 4) is 5.75 Å². The summed E-state index contributed by atoms with van der Waals surface area (Å²) in [6, 6.07) is 5.60. The lowest BCUT2D eigenvalue weighted by Gasteiger charge is -2.19. The van der Waals surface area contributed by atoms with Crippen LogP contribution < -0.4 is 4.74 Å². The van der Waals surface area contributed by atoms with E-state index in [1.54, 1.807) is 17.4 Å². The van der Waals surface area contributed by atoms with Crippen molar-refractivity contribution in [2.24, 2.45) is 0 Å². The molecule has 0 unspecified atom stereocenters. The predicted molar refractivity (Wildman–Crippen MR) is 107 cm³/mol. The fraction of sp³-hybridized carbons (Fsp3) is 0.300. The smallest absolute Gasteiger partial charge is 0.437 e. The van der Waals surface area contributed by atoms with Crippen molar-refractivity contribution in [1.82, 2.24) is 15.0 Å². The van der Waals surface area contributed by atoms with Crippen LogP contribution >= 0.6 is 11.3 Å². The van der Waals surface area contributed by atoms with Gasteiger partial charge >= 0.3 is 6.16 Å². The van der Waals surface area contributed by atoms with Crippen LogP contribution in [0.2, 0.25) is 0 Å². The van der Waals surface area contributed by atoms with Gasteiger partial charge in [0.25, 0.3) is 0 Å². The molecule has 4 aromatic rings. The molecular weight excluding hydrogens is 362 g/mol. The number of aromatic nitrogens is 3. The second-order valence-corrected chi connectivity index (χ2v) is 8.37. The molecule has 0 amide bonds. The standard InChI is InChI=1S/C20H21N3O3S/c1-20(2,3)17-14(7-11-9-21-18-16(11)27-10-22-18)13-8-12(26-19(24)25-4)5-6-15(13)23-17/h5-6,8-10,21,23H,7H2,1-4H3. The number of fused-ring (bicyclic) bond motifs is 2. The van der Waals surface area contributed by atoms with E-state index in [9.17, 15) is 4.79 Å². The van der Waals surface area contributed by atoms with Crippen LogP contribution in [-0.2, 0) is 16.6 Å². The van der Waals surface area contributed by atoms with E-state index in [-0.39, 0.29) is 5.41 Å². The Kier molecular flexibility index (Phi) is 4.19. The lowest BCUT2D eigenvalue weighted by atomic mass is 9.87. The number of ether oxygens (including phenoxy) is 2. The second-order valence-electron chi connectivity index (χ2n) is 7.51. The predicted octanol–water partition coefficient (Wildman–Crippen LogP) is 5.14. The molecule has 0 saturated carbocycles. The molecule has 0 spiro atoms. The van der Waals surface area contributed by atoms with Crippen molar-refractivity contribution >= 4 is 38.7 Å². The number of hydrogen-bond acceptors (Lipinski definition) is 5. The minimum atomic E-state index is -0.723. The average Bonchev–Trinajstić information content (AvgIpc) is 3.30. The van der Waals surface area contributed by atoms with E-state index >= 15 is 0 Å². The minimum Gasteiger partial charge on any atom is -0.437 e. The molecule has 2 N–H and O–H groups in total. The van der Waals surface area contributed by atoms with E-state index < -0.39 is 6.16 Å². The first kappa shape index (κ1) is 17.6. The highest BCUT2D eigenvalue weighted by atomic mass is 32.1. The molecule has 0 fully saturated rings. The lowest BCUT2D eigenvalue weighted by Crippen LogP contribution is -2.14. The van der Waals surface area contributed by atoms with Gasteiger partial charge in [-0.05, 0) is 29.3 Å². The van der Waals surface area contributed by atoms with Gasteiger partial charge < -0.3 is 19.4 Å². The van der Waals surface area contributed by atoms with Gasteiger partial charge in [0.2, 0.25) is 0 Å². The number of aromatic amines is 2. The number of nitrogens with one attached hydrogen (secondary N) is 2. The maximum atomic E-state index is 11.5. The zero-order valence-corrected chi connectivity index (χ0v) is 16.5. The molecule has 27 heavy (non-hydrogen) atoms. The van der Waals surface area contributed by atoms with Crippen LogP contribution in [0.1, 0.15) is 37.6 Å². The van der Waals surface area contributed by atoms with Crippen LogP contribution in [0.5, 0.6) is 5.75 Å². The molecule has 0 saturated heterocycles. The topological polar surface area (TPSA) is 80.0 Å². The maximum absolute atomic E-state index is 11.5. The van der Waals surface area contributed by atoms with Crippen molar-refractivity contribution in [3.63, 3.8) is 0 Å². The molecule has 0 aliphatic carbocycles. The maximum Gasteiger partial charge on any atom is 0.513 e. The monoisotopic (exact) mass is 383 g/mol. The average molecular weight is 383 g/mol. The second kappa shape index (κ2) is 6.42. The van der Waals surface area contributed by atoms with Crippen molar-refractivity contribution in [2.75, 3.05) is 7.11 Å². The summed E-state index contributed by atoms with van der Waals surface area (Å²) in [6.07, 6.45) is 2.06. The summed E-state index contributed by atoms with van der Waals surface area (Å²) in [6.45, 7) is 6.56. The van der Waals surface area contributed by atoms with Crippen LogP contribution in [0.4, 0.5) is 4.79 Å². The first-order chi connectivity index (χ1) is 12.9. The molecule has 7 heteroatoms. The molecule has 0 atom stereocenters. The van der Waals surface area contributed by atoms with Crippen molar-refractivity contribution in [1.29, 1.82) is 0 Å². The Morgan fingerprint density at radius 2 is 2.11 bits per heavy atom. The molecule has 0 radical (unpaired) electrons. The number of benzene rings is 1. The van der Waals surface area contributed by atoms with E-state index in [1.807, 2.05) is 23.8 Å². The van der Waals surface area contributed by atoms with Crippen molar-refractivity contribution in [3.05, 3.63) is 46.7 Å². The summed E-state index contributed by atoms with van der Waals surface area (Å²) in [4.78, 5) is 22.6. The SMILES string of the molecule is COC(=O)Oc1ccc2[nH]c(C(C)(C)C)c(Cc3c[nH]c4ncsc34)c2c1. The highest BCUT2D eigenvalue weighted by molar-refractivity contribution is 7.16. The summed E-state index contributed by atoms with van der Waals surface area (Å²) in [7, 11) is 1.30. The quantitative estimate of drug-likeness (QED) is 0.379. The van der Waals surface area contributed by atoms with E-state index in [2.05, 4.69) is 40.5 Å². The van der Waals surface area contributed by atoms with Crippen LogP contribution in [0.25, 0.3) is 21.3 Å². The highest BCUT2D eigenvalue weighted by Crippen LogP contribution is 2.36. The summed E-state index contributed by atoms with van der Waals surface area (Å²) in [5, 5.41) is 1.04. The van der Waals surface area contributed by atoms with Crippen molar-refractivity contribution < 1.29 is 14.3 Å². The lowest BCUT2D eigenvalue weighted by molar-refractivity contribution is 0.121. The van der Waals surface area contributed by atoms with Gasteiger partial charge in [0, 0.05) is 34.6 Å². The number of hydrogen-bond donors (Lipinski definition) is 2. The summed E-state index contributed by atoms with van der Waals surface area (Å²) < 4.78 is 11.0. The number of carbonyl (C=O) groups is 1. The van der Waals surface area contributed by atoms with Crippen LogP contribution in [0, 0.1) is 0 Å². The first-order valence-corrected chi connectivity index (χ1v) is 9.55. The van der Waals surface area contributed by atoms with Crippen LogP contribution in [0.3, 0.4) is 0 Å². The molecule has 0 bridgehead atoms. The first-order valence-electron chi connectivity index (χ1n) is 8.67. The van der Waals surface area contributed by atoms with E-state index in [0.29, 0.717) is 5.75 Å². The van der Waals surface area contributed by atoms with Gasteiger partial charge in [-0.25, -0.2) is 9.78 Å². The molecule has 0 aliphatic rings. The van der Waals surface area contributed by atoms with Gasteiger partial charge in [-0.2, -0.15) is 0 Å². The summed E-state index contributed by atoms with van der Waals surface area (Å²) >= 11 is 1.64. The Morgan fingerprint density at radius 3 is 2.85 bits per heavy atom. The zero-order chi connectivity index (χ0) is 19.2. The molecular formula is C20H21N3O3S. The summed E-state index contributed by atoms with van der Waals surface area (Å²) in [5.41, 5.74) is 7.31. The normalized spacial score (nSPS) is 12.0. The van der Waals surface area contributed by atoms with Gasteiger partial charge in [0.15, 0.2) is 0 Å². The zero-order valence-electron chi connectivity index (χ0n) is 15.7. The molecule has 1 aromatic carbocycles. The van der Waals surface area contributed by atoms with E-state index in [4.69, 9.17) is 4.74 Å². The van der Waals surface area contributed by atoms with Crippen LogP contribution in [-0.4, -0.2) is 28.2 Å². The van der Waals surface area contributed by atoms with Gasteiger partial charge in [-0.3, -0.25) is 0 Å². The van der Waals surface area contributed by atoms with Gasteiger partial charge in [0.05, 0.1) is 17.3 Å². The number of rotatable bonds is 3. The molecule has 0 aliphatic heterocycles. The van der Waals surface area contributed by atoms with Gasteiger partial charge in [0.1, 0.15) is 11.4 Å². The number of carbonyl (C=O) groups excluding carboxylic acids is 1. The molecule has 140 valence electrons. The Bertz CT molecular complexity index is 1130. The molecule has 4 rings (SSSR count). The van der Waals surface area contributed by atoms with Crippen LogP contribution in [0.15, 0.2) is 29.9 Å². The highest BCUT2D eigenvalue weighted by Gasteiger charge is 2.24. The third-order valence-corrected chi connectivity index (χ3v) is 5.51. The Labute approximate surface area is 160 Å². The Balaban J connectivity index is 1.85.